The Balaban J connectivity index is 1.81. The van der Waals surface area contributed by atoms with Gasteiger partial charge in [-0.3, -0.25) is 9.78 Å². The fourth-order valence-electron chi connectivity index (χ4n) is 2.30. The second-order valence-corrected chi connectivity index (χ2v) is 6.31. The first-order valence-corrected chi connectivity index (χ1v) is 8.12. The molecule has 0 aliphatic rings. The highest BCUT2D eigenvalue weighted by molar-refractivity contribution is 7.21. The first kappa shape index (κ1) is 16.1. The molecule has 0 aliphatic carbocycles. The normalized spacial score (nSPS) is 10.8. The van der Waals surface area contributed by atoms with Crippen molar-refractivity contribution >= 4 is 33.1 Å². The van der Waals surface area contributed by atoms with Gasteiger partial charge in [0.1, 0.15) is 15.5 Å². The van der Waals surface area contributed by atoms with Crippen molar-refractivity contribution in [3.63, 3.8) is 0 Å². The van der Waals surface area contributed by atoms with Crippen LogP contribution in [0.5, 0.6) is 5.75 Å². The SMILES string of the molecule is COc1ccc(CNC(=O)c2sc3nnc(C)c(C)c3c2N)nc1. The highest BCUT2D eigenvalue weighted by atomic mass is 32.1. The number of pyridine rings is 1. The van der Waals surface area contributed by atoms with Gasteiger partial charge in [0.2, 0.25) is 0 Å². The molecule has 8 heteroatoms. The standard InChI is InChI=1S/C16H17N5O2S/c1-8-9(2)20-21-16-12(8)13(17)14(24-16)15(22)19-6-10-4-5-11(23-3)7-18-10/h4-5,7H,6,17H2,1-3H3,(H,19,22). The van der Waals surface area contributed by atoms with Crippen LogP contribution in [0.15, 0.2) is 18.3 Å². The molecule has 0 spiro atoms. The number of thiophene rings is 1. The van der Waals surface area contributed by atoms with E-state index in [-0.39, 0.29) is 5.91 Å². The number of fused-ring (bicyclic) bond motifs is 1. The number of carbonyl (C=O) groups excluding carboxylic acids is 1. The van der Waals surface area contributed by atoms with E-state index >= 15 is 0 Å². The van der Waals surface area contributed by atoms with Crippen molar-refractivity contribution in [3.8, 4) is 5.75 Å². The third kappa shape index (κ3) is 2.88. The monoisotopic (exact) mass is 343 g/mol. The number of anilines is 1. The van der Waals surface area contributed by atoms with E-state index < -0.39 is 0 Å². The Hall–Kier alpha value is -2.74. The number of carbonyl (C=O) groups is 1. The van der Waals surface area contributed by atoms with Crippen LogP contribution in [0.25, 0.3) is 10.2 Å². The Kier molecular flexibility index (Phi) is 4.30. The molecule has 0 fully saturated rings. The first-order chi connectivity index (χ1) is 11.5. The molecule has 3 N–H and O–H groups in total. The third-order valence-electron chi connectivity index (χ3n) is 3.80. The fourth-order valence-corrected chi connectivity index (χ4v) is 3.31. The molecule has 0 bridgehead atoms. The summed E-state index contributed by atoms with van der Waals surface area (Å²) in [5, 5.41) is 11.8. The largest absolute Gasteiger partial charge is 0.495 e. The summed E-state index contributed by atoms with van der Waals surface area (Å²) >= 11 is 1.25. The number of hydrogen-bond donors (Lipinski definition) is 2. The van der Waals surface area contributed by atoms with E-state index in [9.17, 15) is 4.79 Å². The Morgan fingerprint density at radius 3 is 2.79 bits per heavy atom. The van der Waals surface area contributed by atoms with Crippen LogP contribution in [0.2, 0.25) is 0 Å². The molecular weight excluding hydrogens is 326 g/mol. The van der Waals surface area contributed by atoms with Gasteiger partial charge < -0.3 is 15.8 Å². The molecule has 24 heavy (non-hydrogen) atoms. The zero-order valence-electron chi connectivity index (χ0n) is 13.6. The van der Waals surface area contributed by atoms with Crippen molar-refractivity contribution in [2.45, 2.75) is 20.4 Å². The number of nitrogen functional groups attached to an aromatic ring is 1. The van der Waals surface area contributed by atoms with Gasteiger partial charge in [0, 0.05) is 5.39 Å². The summed E-state index contributed by atoms with van der Waals surface area (Å²) in [4.78, 5) is 17.8. The summed E-state index contributed by atoms with van der Waals surface area (Å²) in [5.41, 5.74) is 9.10. The topological polar surface area (TPSA) is 103 Å². The number of aryl methyl sites for hydroxylation is 2. The Labute approximate surface area is 142 Å². The van der Waals surface area contributed by atoms with Crippen molar-refractivity contribution in [1.29, 1.82) is 0 Å². The van der Waals surface area contributed by atoms with Crippen LogP contribution in [0.1, 0.15) is 26.6 Å². The molecule has 7 nitrogen and oxygen atoms in total. The number of methoxy groups -OCH3 is 1. The summed E-state index contributed by atoms with van der Waals surface area (Å²) in [6.07, 6.45) is 1.61. The van der Waals surface area contributed by atoms with Gasteiger partial charge in [-0.1, -0.05) is 0 Å². The van der Waals surface area contributed by atoms with Crippen LogP contribution in [-0.4, -0.2) is 28.2 Å². The van der Waals surface area contributed by atoms with Crippen molar-refractivity contribution in [2.75, 3.05) is 12.8 Å². The number of nitrogens with zero attached hydrogens (tertiary/aromatic N) is 3. The molecule has 3 rings (SSSR count). The smallest absolute Gasteiger partial charge is 0.263 e. The lowest BCUT2D eigenvalue weighted by Gasteiger charge is -2.05. The lowest BCUT2D eigenvalue weighted by molar-refractivity contribution is 0.0955. The van der Waals surface area contributed by atoms with Crippen molar-refractivity contribution in [3.05, 3.63) is 40.2 Å². The molecule has 0 radical (unpaired) electrons. The van der Waals surface area contributed by atoms with Crippen LogP contribution >= 0.6 is 11.3 Å². The van der Waals surface area contributed by atoms with Crippen LogP contribution in [0.4, 0.5) is 5.69 Å². The zero-order chi connectivity index (χ0) is 17.3. The molecule has 0 saturated carbocycles. The molecule has 0 aromatic carbocycles. The number of aromatic nitrogens is 3. The quantitative estimate of drug-likeness (QED) is 0.753. The van der Waals surface area contributed by atoms with Crippen LogP contribution in [0.3, 0.4) is 0 Å². The number of ether oxygens (including phenoxy) is 1. The second kappa shape index (κ2) is 6.40. The Morgan fingerprint density at radius 1 is 1.33 bits per heavy atom. The summed E-state index contributed by atoms with van der Waals surface area (Å²) in [6, 6.07) is 3.59. The van der Waals surface area contributed by atoms with Gasteiger partial charge in [0.15, 0.2) is 0 Å². The minimum Gasteiger partial charge on any atom is -0.495 e. The van der Waals surface area contributed by atoms with Gasteiger partial charge in [-0.15, -0.1) is 16.4 Å². The maximum Gasteiger partial charge on any atom is 0.263 e. The average molecular weight is 343 g/mol. The molecule has 0 atom stereocenters. The molecule has 0 saturated heterocycles. The molecule has 0 aliphatic heterocycles. The first-order valence-electron chi connectivity index (χ1n) is 7.30. The van der Waals surface area contributed by atoms with Crippen molar-refractivity contribution in [2.24, 2.45) is 0 Å². The number of hydrogen-bond acceptors (Lipinski definition) is 7. The van der Waals surface area contributed by atoms with Gasteiger partial charge in [-0.25, -0.2) is 0 Å². The highest BCUT2D eigenvalue weighted by Gasteiger charge is 2.19. The minimum absolute atomic E-state index is 0.245. The maximum absolute atomic E-state index is 12.4. The number of nitrogens with two attached hydrogens (primary N) is 1. The molecule has 3 aromatic rings. The molecular formula is C16H17N5O2S. The Morgan fingerprint density at radius 2 is 2.12 bits per heavy atom. The highest BCUT2D eigenvalue weighted by Crippen LogP contribution is 2.34. The van der Waals surface area contributed by atoms with Gasteiger partial charge >= 0.3 is 0 Å². The van der Waals surface area contributed by atoms with Gasteiger partial charge in [0.25, 0.3) is 5.91 Å². The van der Waals surface area contributed by atoms with E-state index in [1.54, 1.807) is 25.4 Å². The number of amides is 1. The van der Waals surface area contributed by atoms with Crippen molar-refractivity contribution in [1.82, 2.24) is 20.5 Å². The summed E-state index contributed by atoms with van der Waals surface area (Å²) < 4.78 is 5.06. The second-order valence-electron chi connectivity index (χ2n) is 5.31. The lowest BCUT2D eigenvalue weighted by atomic mass is 10.1. The molecule has 3 heterocycles. The van der Waals surface area contributed by atoms with Gasteiger partial charge in [-0.05, 0) is 31.5 Å². The molecule has 124 valence electrons. The molecule has 0 unspecified atom stereocenters. The average Bonchev–Trinajstić information content (AvgIpc) is 2.94. The van der Waals surface area contributed by atoms with E-state index in [1.165, 1.54) is 11.3 Å². The van der Waals surface area contributed by atoms with Crippen LogP contribution in [0, 0.1) is 13.8 Å². The van der Waals surface area contributed by atoms with E-state index in [1.807, 2.05) is 13.8 Å². The van der Waals surface area contributed by atoms with Gasteiger partial charge in [-0.2, -0.15) is 5.10 Å². The summed E-state index contributed by atoms with van der Waals surface area (Å²) in [6.45, 7) is 4.10. The Bertz CT molecular complexity index is 905. The number of nitrogens with one attached hydrogen (secondary N) is 1. The van der Waals surface area contributed by atoms with E-state index in [4.69, 9.17) is 10.5 Å². The lowest BCUT2D eigenvalue weighted by Crippen LogP contribution is -2.23. The van der Waals surface area contributed by atoms with Crippen LogP contribution in [-0.2, 0) is 6.54 Å². The van der Waals surface area contributed by atoms with Crippen molar-refractivity contribution < 1.29 is 9.53 Å². The summed E-state index contributed by atoms with van der Waals surface area (Å²) in [5.74, 6) is 0.424. The predicted octanol–water partition coefficient (Wildman–Crippen LogP) is 2.22. The third-order valence-corrected chi connectivity index (χ3v) is 4.89. The van der Waals surface area contributed by atoms with E-state index in [2.05, 4.69) is 20.5 Å². The van der Waals surface area contributed by atoms with E-state index in [0.717, 1.165) is 22.3 Å². The van der Waals surface area contributed by atoms with Gasteiger partial charge in [0.05, 0.1) is 36.9 Å². The zero-order valence-corrected chi connectivity index (χ0v) is 14.4. The molecule has 1 amide bonds. The fraction of sp³-hybridized carbons (Fsp3) is 0.250. The minimum atomic E-state index is -0.245. The number of rotatable bonds is 4. The summed E-state index contributed by atoms with van der Waals surface area (Å²) in [7, 11) is 1.58. The van der Waals surface area contributed by atoms with E-state index in [0.29, 0.717) is 27.7 Å². The maximum atomic E-state index is 12.4. The molecule has 3 aromatic heterocycles. The van der Waals surface area contributed by atoms with Crippen LogP contribution < -0.4 is 15.8 Å². The predicted molar refractivity (Wildman–Crippen MR) is 93.3 cm³/mol.